The van der Waals surface area contributed by atoms with Gasteiger partial charge in [-0.05, 0) is 58.4 Å². The normalized spacial score (nSPS) is 16.8. The number of aryl methyl sites for hydroxylation is 1. The molecule has 3 aromatic rings. The maximum atomic E-state index is 12.1. The van der Waals surface area contributed by atoms with Gasteiger partial charge in [-0.3, -0.25) is 4.72 Å². The quantitative estimate of drug-likeness (QED) is 0.400. The van der Waals surface area contributed by atoms with Crippen LogP contribution in [0, 0.1) is 6.92 Å². The Hall–Kier alpha value is -2.83. The Labute approximate surface area is 205 Å². The van der Waals surface area contributed by atoms with Crippen LogP contribution in [0.25, 0.3) is 10.6 Å². The van der Waals surface area contributed by atoms with E-state index < -0.39 is 11.0 Å². The highest BCUT2D eigenvalue weighted by Crippen LogP contribution is 2.39. The van der Waals surface area contributed by atoms with Gasteiger partial charge in [0, 0.05) is 24.0 Å². The minimum Gasteiger partial charge on any atom is -0.478 e. The van der Waals surface area contributed by atoms with Crippen molar-refractivity contribution in [2.24, 2.45) is 0 Å². The van der Waals surface area contributed by atoms with Gasteiger partial charge in [0.15, 0.2) is 5.75 Å². The molecule has 0 amide bonds. The molecule has 0 bridgehead atoms. The fourth-order valence-corrected chi connectivity index (χ4v) is 4.76. The van der Waals surface area contributed by atoms with E-state index in [4.69, 9.17) is 14.5 Å². The van der Waals surface area contributed by atoms with E-state index in [1.807, 2.05) is 26.8 Å². The number of anilines is 2. The molecular weight excluding hydrogens is 474 g/mol. The van der Waals surface area contributed by atoms with E-state index in [-0.39, 0.29) is 11.1 Å². The van der Waals surface area contributed by atoms with Crippen LogP contribution in [0.5, 0.6) is 17.5 Å². The lowest BCUT2D eigenvalue weighted by Crippen LogP contribution is -2.38. The number of nitrogens with zero attached hydrogens (tertiary/aromatic N) is 4. The zero-order valence-electron chi connectivity index (χ0n) is 19.6. The van der Waals surface area contributed by atoms with E-state index in [1.165, 1.54) is 18.4 Å². The van der Waals surface area contributed by atoms with Crippen LogP contribution in [0.15, 0.2) is 24.4 Å². The summed E-state index contributed by atoms with van der Waals surface area (Å²) in [5.41, 5.74) is 0.722. The van der Waals surface area contributed by atoms with E-state index in [2.05, 4.69) is 30.3 Å². The van der Waals surface area contributed by atoms with E-state index in [0.29, 0.717) is 29.4 Å². The van der Waals surface area contributed by atoms with Gasteiger partial charge in [-0.2, -0.15) is 4.98 Å². The molecule has 1 fully saturated rings. The van der Waals surface area contributed by atoms with E-state index in [0.717, 1.165) is 41.5 Å². The molecule has 12 heteroatoms. The number of hydrogen-bond donors (Lipinski definition) is 3. The predicted molar refractivity (Wildman–Crippen MR) is 135 cm³/mol. The summed E-state index contributed by atoms with van der Waals surface area (Å²) in [6.45, 7) is 7.59. The van der Waals surface area contributed by atoms with Crippen LogP contribution in [-0.4, -0.2) is 55.6 Å². The summed E-state index contributed by atoms with van der Waals surface area (Å²) in [5.74, 6) is 2.09. The van der Waals surface area contributed by atoms with Crippen LogP contribution in [0.4, 0.5) is 11.8 Å². The fraction of sp³-hybridized carbons (Fsp3) is 0.455. The molecule has 2 atom stereocenters. The summed E-state index contributed by atoms with van der Waals surface area (Å²) in [4.78, 5) is 18.8. The van der Waals surface area contributed by atoms with Crippen molar-refractivity contribution in [3.05, 3.63) is 29.4 Å². The van der Waals surface area contributed by atoms with Crippen LogP contribution < -0.4 is 24.8 Å². The van der Waals surface area contributed by atoms with E-state index >= 15 is 0 Å². The van der Waals surface area contributed by atoms with Gasteiger partial charge >= 0.3 is 0 Å². The molecule has 0 aromatic carbocycles. The van der Waals surface area contributed by atoms with Crippen LogP contribution in [0.1, 0.15) is 31.7 Å². The molecule has 10 nitrogen and oxygen atoms in total. The molecule has 3 aromatic heterocycles. The monoisotopic (exact) mass is 503 g/mol. The summed E-state index contributed by atoms with van der Waals surface area (Å²) < 4.78 is 26.5. The number of hydrogen-bond acceptors (Lipinski definition) is 10. The van der Waals surface area contributed by atoms with Crippen molar-refractivity contribution in [1.82, 2.24) is 25.3 Å². The van der Waals surface area contributed by atoms with Gasteiger partial charge < -0.3 is 20.1 Å². The lowest BCUT2D eigenvalue weighted by Gasteiger charge is -2.23. The van der Waals surface area contributed by atoms with Crippen molar-refractivity contribution >= 4 is 34.1 Å². The van der Waals surface area contributed by atoms with Crippen LogP contribution in [0.2, 0.25) is 0 Å². The molecule has 4 rings (SSSR count). The third kappa shape index (κ3) is 5.99. The van der Waals surface area contributed by atoms with Crippen molar-refractivity contribution in [3.8, 4) is 28.1 Å². The standard InChI is InChI=1S/C22H29N7O3S2/c1-13(2)34(30)29-18-8-7-17(20(28-18)31-4)32-21-19(33-14(3)25-21)16-9-11-24-22(27-16)26-15-6-5-10-23-12-15/h7-9,11,13,15,23H,5-6,10,12H2,1-4H3,(H,28,29)(H,24,26,27). The van der Waals surface area contributed by atoms with Crippen molar-refractivity contribution in [2.75, 3.05) is 30.2 Å². The summed E-state index contributed by atoms with van der Waals surface area (Å²) in [7, 11) is 0.256. The first-order valence-electron chi connectivity index (χ1n) is 11.1. The number of nitrogens with one attached hydrogen (secondary N) is 3. The van der Waals surface area contributed by atoms with Crippen molar-refractivity contribution in [1.29, 1.82) is 0 Å². The SMILES string of the molecule is COc1nc(NS(=O)C(C)C)ccc1Oc1nc(C)sc1-c1ccnc(NC2CCCNC2)n1. The summed E-state index contributed by atoms with van der Waals surface area (Å²) >= 11 is 1.49. The van der Waals surface area contributed by atoms with Gasteiger partial charge in [0.25, 0.3) is 5.88 Å². The van der Waals surface area contributed by atoms with Crippen molar-refractivity contribution in [2.45, 2.75) is 44.9 Å². The number of piperidine rings is 1. The highest BCUT2D eigenvalue weighted by atomic mass is 32.2. The molecule has 4 heterocycles. The zero-order chi connectivity index (χ0) is 24.1. The average molecular weight is 504 g/mol. The minimum atomic E-state index is -1.25. The Morgan fingerprint density at radius 3 is 2.79 bits per heavy atom. The Morgan fingerprint density at radius 2 is 2.06 bits per heavy atom. The first-order chi connectivity index (χ1) is 16.4. The van der Waals surface area contributed by atoms with Crippen molar-refractivity contribution in [3.63, 3.8) is 0 Å². The first-order valence-corrected chi connectivity index (χ1v) is 13.1. The topological polar surface area (TPSA) is 123 Å². The molecule has 0 saturated carbocycles. The molecule has 1 aliphatic heterocycles. The zero-order valence-corrected chi connectivity index (χ0v) is 21.3. The molecular formula is C22H29N7O3S2. The minimum absolute atomic E-state index is 0.0501. The number of aromatic nitrogens is 4. The Bertz CT molecular complexity index is 1150. The summed E-state index contributed by atoms with van der Waals surface area (Å²) in [5, 5.41) is 7.59. The molecule has 0 spiro atoms. The van der Waals surface area contributed by atoms with E-state index in [1.54, 1.807) is 18.3 Å². The Kier molecular flexibility index (Phi) is 7.91. The predicted octanol–water partition coefficient (Wildman–Crippen LogP) is 3.75. The molecule has 3 N–H and O–H groups in total. The number of rotatable bonds is 9. The first kappa shape index (κ1) is 24.3. The van der Waals surface area contributed by atoms with Gasteiger partial charge in [0.05, 0.1) is 17.8 Å². The Morgan fingerprint density at radius 1 is 1.21 bits per heavy atom. The number of methoxy groups -OCH3 is 1. The number of thiazole rings is 1. The number of pyridine rings is 1. The second-order valence-corrected chi connectivity index (χ2v) is 11.0. The second kappa shape index (κ2) is 11.1. The molecule has 1 aliphatic rings. The smallest absolute Gasteiger partial charge is 0.259 e. The molecule has 0 aliphatic carbocycles. The molecule has 34 heavy (non-hydrogen) atoms. The van der Waals surface area contributed by atoms with Gasteiger partial charge in [0.1, 0.15) is 21.7 Å². The van der Waals surface area contributed by atoms with Gasteiger partial charge in [0.2, 0.25) is 11.8 Å². The molecule has 2 unspecified atom stereocenters. The largest absolute Gasteiger partial charge is 0.478 e. The fourth-order valence-electron chi connectivity index (χ4n) is 3.38. The van der Waals surface area contributed by atoms with Gasteiger partial charge in [-0.1, -0.05) is 0 Å². The third-order valence-corrected chi connectivity index (χ3v) is 7.32. The third-order valence-electron chi connectivity index (χ3n) is 5.08. The lowest BCUT2D eigenvalue weighted by atomic mass is 10.1. The highest BCUT2D eigenvalue weighted by molar-refractivity contribution is 7.86. The summed E-state index contributed by atoms with van der Waals surface area (Å²) in [6, 6.07) is 5.55. The van der Waals surface area contributed by atoms with Crippen molar-refractivity contribution < 1.29 is 13.7 Å². The second-order valence-electron chi connectivity index (χ2n) is 8.07. The molecule has 182 valence electrons. The molecule has 0 radical (unpaired) electrons. The molecule has 1 saturated heterocycles. The average Bonchev–Trinajstić information content (AvgIpc) is 3.20. The van der Waals surface area contributed by atoms with Crippen LogP contribution in [-0.2, 0) is 11.0 Å². The summed E-state index contributed by atoms with van der Waals surface area (Å²) in [6.07, 6.45) is 3.94. The van der Waals surface area contributed by atoms with Gasteiger partial charge in [-0.15, -0.1) is 11.3 Å². The van der Waals surface area contributed by atoms with Crippen LogP contribution in [0.3, 0.4) is 0 Å². The van der Waals surface area contributed by atoms with E-state index in [9.17, 15) is 4.21 Å². The lowest BCUT2D eigenvalue weighted by molar-refractivity contribution is 0.361. The Balaban J connectivity index is 1.56. The maximum Gasteiger partial charge on any atom is 0.259 e. The van der Waals surface area contributed by atoms with Crippen LogP contribution >= 0.6 is 11.3 Å². The maximum absolute atomic E-state index is 12.1. The highest BCUT2D eigenvalue weighted by Gasteiger charge is 2.20. The number of ether oxygens (including phenoxy) is 2. The van der Waals surface area contributed by atoms with Gasteiger partial charge in [-0.25, -0.2) is 19.2 Å².